The van der Waals surface area contributed by atoms with Gasteiger partial charge in [0.25, 0.3) is 0 Å². The summed E-state index contributed by atoms with van der Waals surface area (Å²) in [5.41, 5.74) is 0.751. The maximum Gasteiger partial charge on any atom is 0.309 e. The van der Waals surface area contributed by atoms with Crippen molar-refractivity contribution in [1.82, 2.24) is 0 Å². The van der Waals surface area contributed by atoms with E-state index in [1.807, 2.05) is 11.8 Å². The first kappa shape index (κ1) is 13.0. The van der Waals surface area contributed by atoms with Gasteiger partial charge in [0.05, 0.1) is 5.41 Å². The molecule has 1 unspecified atom stereocenters. The zero-order chi connectivity index (χ0) is 13.3. The van der Waals surface area contributed by atoms with E-state index in [0.29, 0.717) is 32.0 Å². The SMILES string of the molecule is O=C(O)C1(CC2CSc3ccccc32)CCOCC1. The summed E-state index contributed by atoms with van der Waals surface area (Å²) in [7, 11) is 0. The molecule has 1 aromatic rings. The summed E-state index contributed by atoms with van der Waals surface area (Å²) in [4.78, 5) is 13.0. The molecule has 2 heterocycles. The van der Waals surface area contributed by atoms with Gasteiger partial charge in [-0.3, -0.25) is 4.79 Å². The van der Waals surface area contributed by atoms with E-state index in [-0.39, 0.29) is 0 Å². The third-order valence-electron chi connectivity index (χ3n) is 4.34. The smallest absolute Gasteiger partial charge is 0.309 e. The Morgan fingerprint density at radius 2 is 2.11 bits per heavy atom. The summed E-state index contributed by atoms with van der Waals surface area (Å²) < 4.78 is 5.34. The van der Waals surface area contributed by atoms with Crippen LogP contribution in [0, 0.1) is 5.41 Å². The number of carboxylic acids is 1. The van der Waals surface area contributed by atoms with Crippen LogP contribution in [0.5, 0.6) is 0 Å². The van der Waals surface area contributed by atoms with Gasteiger partial charge in [-0.15, -0.1) is 11.8 Å². The number of carbonyl (C=O) groups is 1. The predicted molar refractivity (Wildman–Crippen MR) is 74.6 cm³/mol. The van der Waals surface area contributed by atoms with Gasteiger partial charge in [0, 0.05) is 23.9 Å². The Balaban J connectivity index is 1.82. The molecule has 102 valence electrons. The molecule has 2 aliphatic heterocycles. The van der Waals surface area contributed by atoms with Crippen LogP contribution in [0.25, 0.3) is 0 Å². The van der Waals surface area contributed by atoms with Gasteiger partial charge in [0.2, 0.25) is 0 Å². The lowest BCUT2D eigenvalue weighted by atomic mass is 9.72. The summed E-state index contributed by atoms with van der Waals surface area (Å²) in [5, 5.41) is 9.63. The standard InChI is InChI=1S/C15H18O3S/c16-14(17)15(5-7-18-8-6-15)9-11-10-19-13-4-2-1-3-12(11)13/h1-4,11H,5-10H2,(H,16,17). The fraction of sp³-hybridized carbons (Fsp3) is 0.533. The largest absolute Gasteiger partial charge is 0.481 e. The highest BCUT2D eigenvalue weighted by Gasteiger charge is 2.43. The van der Waals surface area contributed by atoms with Gasteiger partial charge in [-0.2, -0.15) is 0 Å². The molecule has 0 aliphatic carbocycles. The van der Waals surface area contributed by atoms with E-state index in [1.165, 1.54) is 10.5 Å². The molecular weight excluding hydrogens is 260 g/mol. The average Bonchev–Trinajstić information content (AvgIpc) is 2.83. The van der Waals surface area contributed by atoms with Crippen molar-refractivity contribution in [1.29, 1.82) is 0 Å². The zero-order valence-electron chi connectivity index (χ0n) is 10.8. The van der Waals surface area contributed by atoms with E-state index in [0.717, 1.165) is 12.2 Å². The first-order chi connectivity index (χ1) is 9.21. The number of benzene rings is 1. The second-order valence-electron chi connectivity index (χ2n) is 5.45. The fourth-order valence-corrected chi connectivity index (χ4v) is 4.39. The first-order valence-electron chi connectivity index (χ1n) is 6.74. The van der Waals surface area contributed by atoms with E-state index >= 15 is 0 Å². The summed E-state index contributed by atoms with van der Waals surface area (Å²) in [6.45, 7) is 1.15. The molecule has 0 amide bonds. The quantitative estimate of drug-likeness (QED) is 0.922. The first-order valence-corrected chi connectivity index (χ1v) is 7.73. The van der Waals surface area contributed by atoms with Crippen molar-refractivity contribution in [2.24, 2.45) is 5.41 Å². The average molecular weight is 278 g/mol. The molecule has 19 heavy (non-hydrogen) atoms. The van der Waals surface area contributed by atoms with E-state index in [2.05, 4.69) is 24.3 Å². The topological polar surface area (TPSA) is 46.5 Å². The summed E-state index contributed by atoms with van der Waals surface area (Å²) >= 11 is 1.85. The lowest BCUT2D eigenvalue weighted by Gasteiger charge is -2.35. The fourth-order valence-electron chi connectivity index (χ4n) is 3.14. The molecule has 4 heteroatoms. The third kappa shape index (κ3) is 2.39. The van der Waals surface area contributed by atoms with Crippen LogP contribution in [-0.4, -0.2) is 30.0 Å². The van der Waals surface area contributed by atoms with Crippen molar-refractivity contribution < 1.29 is 14.6 Å². The van der Waals surface area contributed by atoms with Crippen molar-refractivity contribution in [3.05, 3.63) is 29.8 Å². The number of aliphatic carboxylic acids is 1. The Bertz CT molecular complexity index is 480. The summed E-state index contributed by atoms with van der Waals surface area (Å²) in [5.74, 6) is 0.732. The van der Waals surface area contributed by atoms with E-state index in [9.17, 15) is 9.90 Å². The Kier molecular flexibility index (Phi) is 3.54. The van der Waals surface area contributed by atoms with Gasteiger partial charge in [-0.25, -0.2) is 0 Å². The number of fused-ring (bicyclic) bond motifs is 1. The van der Waals surface area contributed by atoms with Gasteiger partial charge in [0.15, 0.2) is 0 Å². The molecule has 3 rings (SSSR count). The Morgan fingerprint density at radius 3 is 2.84 bits per heavy atom. The van der Waals surface area contributed by atoms with Crippen LogP contribution in [0.1, 0.15) is 30.7 Å². The minimum atomic E-state index is -0.648. The maximum absolute atomic E-state index is 11.7. The van der Waals surface area contributed by atoms with Crippen molar-refractivity contribution in [3.63, 3.8) is 0 Å². The normalized spacial score (nSPS) is 24.9. The molecule has 0 spiro atoms. The number of rotatable bonds is 3. The highest BCUT2D eigenvalue weighted by Crippen LogP contribution is 2.47. The lowest BCUT2D eigenvalue weighted by molar-refractivity contribution is -0.155. The van der Waals surface area contributed by atoms with Crippen molar-refractivity contribution in [3.8, 4) is 0 Å². The third-order valence-corrected chi connectivity index (χ3v) is 5.59. The van der Waals surface area contributed by atoms with Crippen molar-refractivity contribution >= 4 is 17.7 Å². The van der Waals surface area contributed by atoms with Crippen LogP contribution in [0.15, 0.2) is 29.2 Å². The number of thioether (sulfide) groups is 1. The second-order valence-corrected chi connectivity index (χ2v) is 6.51. The summed E-state index contributed by atoms with van der Waals surface area (Å²) in [6.07, 6.45) is 2.03. The van der Waals surface area contributed by atoms with Gasteiger partial charge >= 0.3 is 5.97 Å². The number of carboxylic acid groups (broad SMARTS) is 1. The molecule has 1 fully saturated rings. The number of hydrogen-bond acceptors (Lipinski definition) is 3. The molecule has 0 radical (unpaired) electrons. The highest BCUT2D eigenvalue weighted by molar-refractivity contribution is 7.99. The van der Waals surface area contributed by atoms with Crippen LogP contribution in [0.2, 0.25) is 0 Å². The number of hydrogen-bond donors (Lipinski definition) is 1. The van der Waals surface area contributed by atoms with E-state index in [4.69, 9.17) is 4.74 Å². The van der Waals surface area contributed by atoms with Gasteiger partial charge in [0.1, 0.15) is 0 Å². The summed E-state index contributed by atoms with van der Waals surface area (Å²) in [6, 6.07) is 8.39. The molecule has 0 saturated carbocycles. The molecule has 1 saturated heterocycles. The van der Waals surface area contributed by atoms with E-state index < -0.39 is 11.4 Å². The van der Waals surface area contributed by atoms with Gasteiger partial charge in [-0.05, 0) is 36.8 Å². The molecule has 1 aromatic carbocycles. The van der Waals surface area contributed by atoms with Crippen LogP contribution < -0.4 is 0 Å². The lowest BCUT2D eigenvalue weighted by Crippen LogP contribution is -2.38. The minimum Gasteiger partial charge on any atom is -0.481 e. The van der Waals surface area contributed by atoms with Gasteiger partial charge < -0.3 is 9.84 Å². The number of ether oxygens (including phenoxy) is 1. The Hall–Kier alpha value is -1.00. The maximum atomic E-state index is 11.7. The predicted octanol–water partition coefficient (Wildman–Crippen LogP) is 3.15. The van der Waals surface area contributed by atoms with Crippen LogP contribution >= 0.6 is 11.8 Å². The Morgan fingerprint density at radius 1 is 1.37 bits per heavy atom. The van der Waals surface area contributed by atoms with Crippen molar-refractivity contribution in [2.45, 2.75) is 30.1 Å². The van der Waals surface area contributed by atoms with Crippen LogP contribution in [0.3, 0.4) is 0 Å². The molecular formula is C15H18O3S. The minimum absolute atomic E-state index is 0.371. The van der Waals surface area contributed by atoms with Gasteiger partial charge in [-0.1, -0.05) is 18.2 Å². The highest BCUT2D eigenvalue weighted by atomic mass is 32.2. The molecule has 3 nitrogen and oxygen atoms in total. The molecule has 2 aliphatic rings. The zero-order valence-corrected chi connectivity index (χ0v) is 11.6. The molecule has 1 atom stereocenters. The molecule has 1 N–H and O–H groups in total. The van der Waals surface area contributed by atoms with Crippen molar-refractivity contribution in [2.75, 3.05) is 19.0 Å². The monoisotopic (exact) mass is 278 g/mol. The van der Waals surface area contributed by atoms with E-state index in [1.54, 1.807) is 0 Å². The molecule has 0 aromatic heterocycles. The second kappa shape index (κ2) is 5.17. The molecule has 0 bridgehead atoms. The van der Waals surface area contributed by atoms with Crippen LogP contribution in [-0.2, 0) is 9.53 Å². The van der Waals surface area contributed by atoms with Crippen LogP contribution in [0.4, 0.5) is 0 Å². The Labute approximate surface area is 117 Å².